The van der Waals surface area contributed by atoms with Gasteiger partial charge in [-0.3, -0.25) is 4.79 Å². The van der Waals surface area contributed by atoms with E-state index in [-0.39, 0.29) is 17.9 Å². The van der Waals surface area contributed by atoms with Gasteiger partial charge in [-0.05, 0) is 36.8 Å². The van der Waals surface area contributed by atoms with Gasteiger partial charge in [0.15, 0.2) is 17.6 Å². The van der Waals surface area contributed by atoms with Gasteiger partial charge in [0.05, 0.1) is 12.7 Å². The standard InChI is InChI=1S/C20H20FNO6/c1-12(19(23)22-11-13-3-5-15(21)6-4-13)28-20(24)14-9-16(25-2)18-17(10-14)26-7-8-27-18/h3-6,9-10,12H,7-8,11H2,1-2H3,(H,22,23)/t12-/m1/s1. The van der Waals surface area contributed by atoms with Crippen LogP contribution in [0.25, 0.3) is 0 Å². The average Bonchev–Trinajstić information content (AvgIpc) is 2.72. The Morgan fingerprint density at radius 2 is 1.89 bits per heavy atom. The Morgan fingerprint density at radius 3 is 2.61 bits per heavy atom. The Morgan fingerprint density at radius 1 is 1.18 bits per heavy atom. The fraction of sp³-hybridized carbons (Fsp3) is 0.300. The molecule has 1 N–H and O–H groups in total. The van der Waals surface area contributed by atoms with Crippen molar-refractivity contribution in [3.05, 3.63) is 53.3 Å². The minimum absolute atomic E-state index is 0.180. The molecule has 1 atom stereocenters. The first-order valence-corrected chi connectivity index (χ1v) is 8.68. The molecule has 0 saturated heterocycles. The summed E-state index contributed by atoms with van der Waals surface area (Å²) in [5.74, 6) is -0.368. The van der Waals surface area contributed by atoms with Crippen LogP contribution in [-0.4, -0.2) is 38.3 Å². The first-order chi connectivity index (χ1) is 13.5. The van der Waals surface area contributed by atoms with Crippen LogP contribution in [0.15, 0.2) is 36.4 Å². The van der Waals surface area contributed by atoms with E-state index in [1.54, 1.807) is 12.1 Å². The summed E-state index contributed by atoms with van der Waals surface area (Å²) in [4.78, 5) is 24.6. The molecule has 0 saturated carbocycles. The summed E-state index contributed by atoms with van der Waals surface area (Å²) in [5.41, 5.74) is 0.907. The summed E-state index contributed by atoms with van der Waals surface area (Å²) >= 11 is 0. The molecule has 1 amide bonds. The number of amides is 1. The van der Waals surface area contributed by atoms with Crippen molar-refractivity contribution in [2.45, 2.75) is 19.6 Å². The quantitative estimate of drug-likeness (QED) is 0.765. The molecule has 0 bridgehead atoms. The van der Waals surface area contributed by atoms with Crippen LogP contribution in [-0.2, 0) is 16.1 Å². The molecule has 28 heavy (non-hydrogen) atoms. The van der Waals surface area contributed by atoms with Gasteiger partial charge in [0, 0.05) is 6.54 Å². The second kappa shape index (κ2) is 8.60. The number of fused-ring (bicyclic) bond motifs is 1. The highest BCUT2D eigenvalue weighted by Crippen LogP contribution is 2.40. The highest BCUT2D eigenvalue weighted by molar-refractivity contribution is 5.93. The van der Waals surface area contributed by atoms with Crippen molar-refractivity contribution >= 4 is 11.9 Å². The van der Waals surface area contributed by atoms with Crippen LogP contribution in [0.4, 0.5) is 4.39 Å². The predicted octanol–water partition coefficient (Wildman–Crippen LogP) is 2.47. The normalized spacial score (nSPS) is 13.4. The minimum atomic E-state index is -1.02. The van der Waals surface area contributed by atoms with Crippen molar-refractivity contribution in [3.63, 3.8) is 0 Å². The summed E-state index contributed by atoms with van der Waals surface area (Å²) in [6, 6.07) is 8.70. The number of hydrogen-bond acceptors (Lipinski definition) is 6. The van der Waals surface area contributed by atoms with Crippen molar-refractivity contribution in [2.75, 3.05) is 20.3 Å². The molecular weight excluding hydrogens is 369 g/mol. The van der Waals surface area contributed by atoms with Crippen molar-refractivity contribution in [1.82, 2.24) is 5.32 Å². The molecular formula is C20H20FNO6. The number of rotatable bonds is 6. The molecule has 0 aliphatic carbocycles. The lowest BCUT2D eigenvalue weighted by atomic mass is 10.1. The summed E-state index contributed by atoms with van der Waals surface area (Å²) in [7, 11) is 1.45. The fourth-order valence-electron chi connectivity index (χ4n) is 2.61. The molecule has 1 heterocycles. The number of methoxy groups -OCH3 is 1. The van der Waals surface area contributed by atoms with Gasteiger partial charge in [0.1, 0.15) is 19.0 Å². The number of nitrogens with one attached hydrogen (secondary N) is 1. The highest BCUT2D eigenvalue weighted by atomic mass is 19.1. The molecule has 0 unspecified atom stereocenters. The van der Waals surface area contributed by atoms with Gasteiger partial charge in [-0.2, -0.15) is 0 Å². The Kier molecular flexibility index (Phi) is 5.98. The Bertz CT molecular complexity index is 850. The molecule has 3 rings (SSSR count). The van der Waals surface area contributed by atoms with Crippen LogP contribution >= 0.6 is 0 Å². The number of benzene rings is 2. The van der Waals surface area contributed by atoms with E-state index in [1.165, 1.54) is 38.3 Å². The van der Waals surface area contributed by atoms with Crippen molar-refractivity contribution in [1.29, 1.82) is 0 Å². The van der Waals surface area contributed by atoms with Crippen LogP contribution in [0.2, 0.25) is 0 Å². The molecule has 1 aliphatic rings. The number of hydrogen-bond donors (Lipinski definition) is 1. The zero-order valence-electron chi connectivity index (χ0n) is 15.5. The second-order valence-corrected chi connectivity index (χ2v) is 6.09. The maximum atomic E-state index is 12.9. The zero-order valence-corrected chi connectivity index (χ0v) is 15.5. The largest absolute Gasteiger partial charge is 0.493 e. The average molecular weight is 389 g/mol. The van der Waals surface area contributed by atoms with E-state index < -0.39 is 18.0 Å². The van der Waals surface area contributed by atoms with E-state index in [0.717, 1.165) is 5.56 Å². The smallest absolute Gasteiger partial charge is 0.339 e. The van der Waals surface area contributed by atoms with E-state index in [2.05, 4.69) is 5.32 Å². The Hall–Kier alpha value is -3.29. The van der Waals surface area contributed by atoms with E-state index >= 15 is 0 Å². The zero-order chi connectivity index (χ0) is 20.1. The van der Waals surface area contributed by atoms with Crippen LogP contribution in [0.1, 0.15) is 22.8 Å². The van der Waals surface area contributed by atoms with Crippen LogP contribution in [0.3, 0.4) is 0 Å². The van der Waals surface area contributed by atoms with E-state index in [4.69, 9.17) is 18.9 Å². The summed E-state index contributed by atoms with van der Waals surface area (Å²) in [6.07, 6.45) is -1.02. The third kappa shape index (κ3) is 4.51. The summed E-state index contributed by atoms with van der Waals surface area (Å²) in [5, 5.41) is 2.64. The highest BCUT2D eigenvalue weighted by Gasteiger charge is 2.24. The molecule has 0 radical (unpaired) electrons. The van der Waals surface area contributed by atoms with E-state index in [1.807, 2.05) is 0 Å². The summed E-state index contributed by atoms with van der Waals surface area (Å²) < 4.78 is 34.4. The third-order valence-corrected chi connectivity index (χ3v) is 4.10. The predicted molar refractivity (Wildman–Crippen MR) is 97.1 cm³/mol. The first-order valence-electron chi connectivity index (χ1n) is 8.68. The van der Waals surface area contributed by atoms with E-state index in [0.29, 0.717) is 30.5 Å². The molecule has 2 aromatic carbocycles. The molecule has 7 nitrogen and oxygen atoms in total. The first kappa shape index (κ1) is 19.5. The van der Waals surface area contributed by atoms with Crippen LogP contribution in [0.5, 0.6) is 17.2 Å². The van der Waals surface area contributed by atoms with Gasteiger partial charge in [-0.1, -0.05) is 12.1 Å². The third-order valence-electron chi connectivity index (χ3n) is 4.10. The lowest BCUT2D eigenvalue weighted by molar-refractivity contribution is -0.129. The molecule has 0 aromatic heterocycles. The van der Waals surface area contributed by atoms with Crippen molar-refractivity contribution < 1.29 is 32.9 Å². The lowest BCUT2D eigenvalue weighted by Crippen LogP contribution is -2.35. The molecule has 0 fully saturated rings. The van der Waals surface area contributed by atoms with Crippen LogP contribution in [0, 0.1) is 5.82 Å². The minimum Gasteiger partial charge on any atom is -0.493 e. The topological polar surface area (TPSA) is 83.1 Å². The lowest BCUT2D eigenvalue weighted by Gasteiger charge is -2.21. The van der Waals surface area contributed by atoms with Gasteiger partial charge in [-0.25, -0.2) is 9.18 Å². The van der Waals surface area contributed by atoms with E-state index in [9.17, 15) is 14.0 Å². The fourth-order valence-corrected chi connectivity index (χ4v) is 2.61. The van der Waals surface area contributed by atoms with Crippen LogP contribution < -0.4 is 19.5 Å². The monoisotopic (exact) mass is 389 g/mol. The number of carbonyl (C=O) groups excluding carboxylic acids is 2. The van der Waals surface area contributed by atoms with Gasteiger partial charge in [0.25, 0.3) is 5.91 Å². The molecule has 2 aromatic rings. The second-order valence-electron chi connectivity index (χ2n) is 6.09. The Labute approximate surface area is 161 Å². The van der Waals surface area contributed by atoms with Crippen molar-refractivity contribution in [3.8, 4) is 17.2 Å². The molecule has 8 heteroatoms. The number of carbonyl (C=O) groups is 2. The number of ether oxygens (including phenoxy) is 4. The number of esters is 1. The van der Waals surface area contributed by atoms with Gasteiger partial charge < -0.3 is 24.3 Å². The molecule has 0 spiro atoms. The van der Waals surface area contributed by atoms with Gasteiger partial charge >= 0.3 is 5.97 Å². The van der Waals surface area contributed by atoms with Gasteiger partial charge in [0.2, 0.25) is 5.75 Å². The Balaban J connectivity index is 1.61. The maximum absolute atomic E-state index is 12.9. The van der Waals surface area contributed by atoms with Gasteiger partial charge in [-0.15, -0.1) is 0 Å². The number of halogens is 1. The maximum Gasteiger partial charge on any atom is 0.339 e. The SMILES string of the molecule is COc1cc(C(=O)O[C@H](C)C(=O)NCc2ccc(F)cc2)cc2c1OCCO2. The molecule has 148 valence electrons. The van der Waals surface area contributed by atoms with Crippen molar-refractivity contribution in [2.24, 2.45) is 0 Å². The molecule has 1 aliphatic heterocycles. The summed E-state index contributed by atoms with van der Waals surface area (Å²) in [6.45, 7) is 2.40.